The first-order valence-electron chi connectivity index (χ1n) is 9.27. The molecule has 8 heteroatoms. The third-order valence-electron chi connectivity index (χ3n) is 5.13. The van der Waals surface area contributed by atoms with E-state index in [4.69, 9.17) is 5.11 Å². The van der Waals surface area contributed by atoms with Gasteiger partial charge >= 0.3 is 5.97 Å². The van der Waals surface area contributed by atoms with E-state index in [0.29, 0.717) is 25.7 Å². The number of amides is 1. The maximum Gasteiger partial charge on any atom is 0.326 e. The number of carbonyl (C=O) groups excluding carboxylic acids is 1. The fraction of sp³-hybridized carbons (Fsp3) is 0.579. The van der Waals surface area contributed by atoms with E-state index in [1.165, 1.54) is 4.31 Å². The molecule has 1 aliphatic heterocycles. The van der Waals surface area contributed by atoms with E-state index in [9.17, 15) is 18.0 Å². The summed E-state index contributed by atoms with van der Waals surface area (Å²) in [6, 6.07) is 4.19. The topological polar surface area (TPSA) is 104 Å². The van der Waals surface area contributed by atoms with E-state index in [0.717, 1.165) is 11.1 Å². The molecule has 1 atom stereocenters. The SMILES string of the molecule is CCCC(NC(=O)C1CCN(S(=O)(=O)c2ccc(C)c(C)c2)CC1)C(=O)O. The average molecular weight is 397 g/mol. The van der Waals surface area contributed by atoms with Crippen LogP contribution in [0.25, 0.3) is 0 Å². The molecule has 1 saturated heterocycles. The molecule has 0 aromatic heterocycles. The molecule has 2 rings (SSSR count). The van der Waals surface area contributed by atoms with Crippen LogP contribution in [-0.2, 0) is 19.6 Å². The van der Waals surface area contributed by atoms with Gasteiger partial charge in [-0.15, -0.1) is 0 Å². The monoisotopic (exact) mass is 396 g/mol. The first kappa shape index (κ1) is 21.4. The Kier molecular flexibility index (Phi) is 7.00. The van der Waals surface area contributed by atoms with E-state index >= 15 is 0 Å². The van der Waals surface area contributed by atoms with Crippen molar-refractivity contribution >= 4 is 21.9 Å². The van der Waals surface area contributed by atoms with Gasteiger partial charge in [0.05, 0.1) is 4.90 Å². The largest absolute Gasteiger partial charge is 0.480 e. The Morgan fingerprint density at radius 2 is 1.85 bits per heavy atom. The summed E-state index contributed by atoms with van der Waals surface area (Å²) in [5.41, 5.74) is 1.95. The third kappa shape index (κ3) is 5.07. The lowest BCUT2D eigenvalue weighted by Gasteiger charge is -2.31. The minimum Gasteiger partial charge on any atom is -0.480 e. The number of aliphatic carboxylic acids is 1. The Labute approximate surface area is 160 Å². The van der Waals surface area contributed by atoms with Crippen molar-refractivity contribution in [3.63, 3.8) is 0 Å². The zero-order valence-corrected chi connectivity index (χ0v) is 16.9. The molecule has 1 amide bonds. The number of aryl methyl sites for hydroxylation is 2. The summed E-state index contributed by atoms with van der Waals surface area (Å²) < 4.78 is 27.1. The molecule has 0 spiro atoms. The number of carboxylic acid groups (broad SMARTS) is 1. The molecule has 1 aromatic carbocycles. The van der Waals surface area contributed by atoms with Crippen molar-refractivity contribution in [2.24, 2.45) is 5.92 Å². The number of nitrogens with zero attached hydrogens (tertiary/aromatic N) is 1. The van der Waals surface area contributed by atoms with Crippen LogP contribution in [0.2, 0.25) is 0 Å². The van der Waals surface area contributed by atoms with Crippen molar-refractivity contribution in [3.8, 4) is 0 Å². The van der Waals surface area contributed by atoms with Gasteiger partial charge < -0.3 is 10.4 Å². The summed E-state index contributed by atoms with van der Waals surface area (Å²) in [5.74, 6) is -1.71. The lowest BCUT2D eigenvalue weighted by Crippen LogP contribution is -2.47. The lowest BCUT2D eigenvalue weighted by atomic mass is 9.96. The minimum absolute atomic E-state index is 0.249. The van der Waals surface area contributed by atoms with Gasteiger partial charge in [-0.2, -0.15) is 4.31 Å². The highest BCUT2D eigenvalue weighted by atomic mass is 32.2. The number of nitrogens with one attached hydrogen (secondary N) is 1. The normalized spacial score (nSPS) is 17.4. The first-order valence-corrected chi connectivity index (χ1v) is 10.7. The van der Waals surface area contributed by atoms with E-state index in [-0.39, 0.29) is 29.8 Å². The van der Waals surface area contributed by atoms with E-state index in [1.807, 2.05) is 20.8 Å². The molecule has 1 aromatic rings. The van der Waals surface area contributed by atoms with Crippen LogP contribution >= 0.6 is 0 Å². The molecule has 150 valence electrons. The smallest absolute Gasteiger partial charge is 0.326 e. The van der Waals surface area contributed by atoms with E-state index < -0.39 is 22.0 Å². The van der Waals surface area contributed by atoms with Gasteiger partial charge in [-0.3, -0.25) is 4.79 Å². The summed E-state index contributed by atoms with van der Waals surface area (Å²) in [6.45, 7) is 6.16. The Hall–Kier alpha value is -1.93. The van der Waals surface area contributed by atoms with Crippen LogP contribution in [0, 0.1) is 19.8 Å². The number of hydrogen-bond acceptors (Lipinski definition) is 4. The van der Waals surface area contributed by atoms with Crippen LogP contribution < -0.4 is 5.32 Å². The van der Waals surface area contributed by atoms with Gasteiger partial charge in [-0.1, -0.05) is 19.4 Å². The molecule has 0 bridgehead atoms. The number of benzene rings is 1. The maximum absolute atomic E-state index is 12.8. The van der Waals surface area contributed by atoms with Crippen molar-refractivity contribution in [2.45, 2.75) is 57.4 Å². The maximum atomic E-state index is 12.8. The summed E-state index contributed by atoms with van der Waals surface area (Å²) >= 11 is 0. The number of hydrogen-bond donors (Lipinski definition) is 2. The van der Waals surface area contributed by atoms with Crippen LogP contribution in [0.4, 0.5) is 0 Å². The Morgan fingerprint density at radius 1 is 1.22 bits per heavy atom. The van der Waals surface area contributed by atoms with Crippen molar-refractivity contribution in [1.29, 1.82) is 0 Å². The van der Waals surface area contributed by atoms with Crippen LogP contribution in [0.3, 0.4) is 0 Å². The molecule has 1 fully saturated rings. The Morgan fingerprint density at radius 3 is 2.37 bits per heavy atom. The Bertz CT molecular complexity index is 798. The summed E-state index contributed by atoms with van der Waals surface area (Å²) in [6.07, 6.45) is 1.80. The van der Waals surface area contributed by atoms with E-state index in [2.05, 4.69) is 5.32 Å². The van der Waals surface area contributed by atoms with Gasteiger partial charge in [0.1, 0.15) is 6.04 Å². The standard InChI is InChI=1S/C19H28N2O5S/c1-4-5-17(19(23)24)20-18(22)15-8-10-21(11-9-15)27(25,26)16-7-6-13(2)14(3)12-16/h6-7,12,15,17H,4-5,8-11H2,1-3H3,(H,20,22)(H,23,24). The molecule has 1 aliphatic rings. The van der Waals surface area contributed by atoms with Gasteiger partial charge in [-0.05, 0) is 56.4 Å². The molecule has 0 saturated carbocycles. The van der Waals surface area contributed by atoms with Crippen molar-refractivity contribution in [2.75, 3.05) is 13.1 Å². The zero-order valence-electron chi connectivity index (χ0n) is 16.1. The molecule has 1 unspecified atom stereocenters. The van der Waals surface area contributed by atoms with Gasteiger partial charge in [0.2, 0.25) is 15.9 Å². The van der Waals surface area contributed by atoms with Crippen molar-refractivity contribution in [1.82, 2.24) is 9.62 Å². The number of carbonyl (C=O) groups is 2. The summed E-state index contributed by atoms with van der Waals surface area (Å²) in [4.78, 5) is 23.8. The first-order chi connectivity index (χ1) is 12.7. The molecule has 0 aliphatic carbocycles. The van der Waals surface area contributed by atoms with Crippen LogP contribution in [-0.4, -0.2) is 48.8 Å². The highest BCUT2D eigenvalue weighted by Gasteiger charge is 2.33. The molecule has 27 heavy (non-hydrogen) atoms. The third-order valence-corrected chi connectivity index (χ3v) is 7.03. The van der Waals surface area contributed by atoms with Crippen molar-refractivity contribution < 1.29 is 23.1 Å². The fourth-order valence-corrected chi connectivity index (χ4v) is 4.77. The second-order valence-electron chi connectivity index (χ2n) is 7.11. The van der Waals surface area contributed by atoms with Gasteiger partial charge in [0.25, 0.3) is 0 Å². The number of piperidine rings is 1. The molecular formula is C19H28N2O5S. The second kappa shape index (κ2) is 8.84. The lowest BCUT2D eigenvalue weighted by molar-refractivity contribution is -0.142. The predicted molar refractivity (Wildman–Crippen MR) is 102 cm³/mol. The van der Waals surface area contributed by atoms with Gasteiger partial charge in [0.15, 0.2) is 0 Å². The van der Waals surface area contributed by atoms with Crippen LogP contribution in [0.15, 0.2) is 23.1 Å². The predicted octanol–water partition coefficient (Wildman–Crippen LogP) is 2.07. The zero-order chi connectivity index (χ0) is 20.2. The average Bonchev–Trinajstić information content (AvgIpc) is 2.63. The number of sulfonamides is 1. The molecule has 0 radical (unpaired) electrons. The second-order valence-corrected chi connectivity index (χ2v) is 9.05. The highest BCUT2D eigenvalue weighted by molar-refractivity contribution is 7.89. The molecule has 7 nitrogen and oxygen atoms in total. The van der Waals surface area contributed by atoms with Crippen LogP contribution in [0.5, 0.6) is 0 Å². The van der Waals surface area contributed by atoms with Crippen molar-refractivity contribution in [3.05, 3.63) is 29.3 Å². The number of carboxylic acids is 1. The van der Waals surface area contributed by atoms with Gasteiger partial charge in [0, 0.05) is 19.0 Å². The summed E-state index contributed by atoms with van der Waals surface area (Å²) in [5, 5.41) is 11.7. The van der Waals surface area contributed by atoms with E-state index in [1.54, 1.807) is 18.2 Å². The Balaban J connectivity index is 2.00. The fourth-order valence-electron chi connectivity index (χ4n) is 3.22. The molecule has 2 N–H and O–H groups in total. The van der Waals surface area contributed by atoms with Crippen LogP contribution in [0.1, 0.15) is 43.7 Å². The molecular weight excluding hydrogens is 368 g/mol. The number of rotatable bonds is 7. The van der Waals surface area contributed by atoms with Gasteiger partial charge in [-0.25, -0.2) is 13.2 Å². The highest BCUT2D eigenvalue weighted by Crippen LogP contribution is 2.25. The minimum atomic E-state index is -3.59. The molecule has 1 heterocycles. The summed E-state index contributed by atoms with van der Waals surface area (Å²) in [7, 11) is -3.59. The quantitative estimate of drug-likeness (QED) is 0.734.